The summed E-state index contributed by atoms with van der Waals surface area (Å²) >= 11 is 0. The fourth-order valence-electron chi connectivity index (χ4n) is 1.91. The second-order valence-corrected chi connectivity index (χ2v) is 3.80. The maximum Gasteiger partial charge on any atom is 0.0273 e. The Labute approximate surface area is 94.4 Å². The van der Waals surface area contributed by atoms with Crippen LogP contribution in [0.2, 0.25) is 0 Å². The molecule has 0 radical (unpaired) electrons. The van der Waals surface area contributed by atoms with E-state index in [0.29, 0.717) is 0 Å². The van der Waals surface area contributed by atoms with Crippen molar-refractivity contribution < 1.29 is 0 Å². The number of nitrogens with zero attached hydrogens (tertiary/aromatic N) is 1. The molecule has 0 amide bonds. The highest BCUT2D eigenvalue weighted by molar-refractivity contribution is 5.87. The van der Waals surface area contributed by atoms with E-state index in [1.165, 1.54) is 21.9 Å². The first-order valence-electron chi connectivity index (χ1n) is 5.33. The molecule has 1 nitrogen and oxygen atoms in total. The third-order valence-corrected chi connectivity index (χ3v) is 2.76. The molecular weight excluding hydrogens is 194 g/mol. The molecule has 0 fully saturated rings. The van der Waals surface area contributed by atoms with Gasteiger partial charge in [-0.2, -0.15) is 0 Å². The molecule has 0 bridgehead atoms. The van der Waals surface area contributed by atoms with Gasteiger partial charge in [-0.1, -0.05) is 36.4 Å². The van der Waals surface area contributed by atoms with E-state index in [9.17, 15) is 0 Å². The lowest BCUT2D eigenvalue weighted by Gasteiger charge is -2.03. The molecule has 0 aliphatic carbocycles. The Balaban J connectivity index is 2.19. The highest BCUT2D eigenvalue weighted by atomic mass is 14.6. The minimum Gasteiger partial charge on any atom is -0.265 e. The van der Waals surface area contributed by atoms with Crippen LogP contribution in [-0.4, -0.2) is 4.98 Å². The first-order chi connectivity index (χ1) is 7.93. The van der Waals surface area contributed by atoms with Crippen LogP contribution in [0.4, 0.5) is 0 Å². The first kappa shape index (κ1) is 9.10. The SMILES string of the molecule is c1ccc2cc(-c3ccncc3)ccc2c1. The van der Waals surface area contributed by atoms with Gasteiger partial charge in [0, 0.05) is 12.4 Å². The summed E-state index contributed by atoms with van der Waals surface area (Å²) in [7, 11) is 0. The van der Waals surface area contributed by atoms with E-state index in [-0.39, 0.29) is 0 Å². The fraction of sp³-hybridized carbons (Fsp3) is 0. The molecule has 0 saturated heterocycles. The van der Waals surface area contributed by atoms with Gasteiger partial charge in [0.05, 0.1) is 0 Å². The van der Waals surface area contributed by atoms with Gasteiger partial charge in [-0.25, -0.2) is 0 Å². The van der Waals surface area contributed by atoms with Crippen LogP contribution in [0.25, 0.3) is 21.9 Å². The third-order valence-electron chi connectivity index (χ3n) is 2.76. The molecule has 0 saturated carbocycles. The fourth-order valence-corrected chi connectivity index (χ4v) is 1.91. The molecular formula is C15H11N. The van der Waals surface area contributed by atoms with Crippen molar-refractivity contribution in [3.63, 3.8) is 0 Å². The topological polar surface area (TPSA) is 12.9 Å². The average molecular weight is 205 g/mol. The molecule has 1 heterocycles. The second-order valence-electron chi connectivity index (χ2n) is 3.80. The van der Waals surface area contributed by atoms with Crippen molar-refractivity contribution in [3.8, 4) is 11.1 Å². The maximum absolute atomic E-state index is 4.03. The minimum atomic E-state index is 1.21. The highest BCUT2D eigenvalue weighted by Gasteiger charge is 1.98. The minimum absolute atomic E-state index is 1.21. The summed E-state index contributed by atoms with van der Waals surface area (Å²) in [4.78, 5) is 4.03. The molecule has 3 rings (SSSR count). The highest BCUT2D eigenvalue weighted by Crippen LogP contribution is 2.23. The van der Waals surface area contributed by atoms with Crippen molar-refractivity contribution in [2.24, 2.45) is 0 Å². The Bertz CT molecular complexity index is 614. The molecule has 0 aliphatic heterocycles. The van der Waals surface area contributed by atoms with Crippen molar-refractivity contribution in [2.45, 2.75) is 0 Å². The van der Waals surface area contributed by atoms with Gasteiger partial charge in [-0.3, -0.25) is 4.98 Å². The van der Waals surface area contributed by atoms with Crippen molar-refractivity contribution >= 4 is 10.8 Å². The van der Waals surface area contributed by atoms with Crippen molar-refractivity contribution in [1.82, 2.24) is 4.98 Å². The number of benzene rings is 2. The molecule has 1 heteroatoms. The molecule has 2 aromatic carbocycles. The van der Waals surface area contributed by atoms with Crippen LogP contribution in [0.3, 0.4) is 0 Å². The smallest absolute Gasteiger partial charge is 0.0273 e. The Hall–Kier alpha value is -2.15. The summed E-state index contributed by atoms with van der Waals surface area (Å²) in [6, 6.07) is 19.0. The summed E-state index contributed by atoms with van der Waals surface area (Å²) in [5.74, 6) is 0. The van der Waals surface area contributed by atoms with E-state index < -0.39 is 0 Å². The standard InChI is InChI=1S/C15H11N/c1-2-4-14-11-15(6-5-12(14)3-1)13-7-9-16-10-8-13/h1-11H. The van der Waals surface area contributed by atoms with E-state index in [2.05, 4.69) is 47.4 Å². The van der Waals surface area contributed by atoms with Gasteiger partial charge in [-0.05, 0) is 40.1 Å². The van der Waals surface area contributed by atoms with E-state index in [4.69, 9.17) is 0 Å². The van der Waals surface area contributed by atoms with Crippen LogP contribution in [-0.2, 0) is 0 Å². The Morgan fingerprint density at radius 2 is 1.38 bits per heavy atom. The van der Waals surface area contributed by atoms with E-state index in [0.717, 1.165) is 0 Å². The summed E-state index contributed by atoms with van der Waals surface area (Å²) in [6.07, 6.45) is 3.65. The van der Waals surface area contributed by atoms with E-state index >= 15 is 0 Å². The van der Waals surface area contributed by atoms with Gasteiger partial charge in [-0.15, -0.1) is 0 Å². The van der Waals surface area contributed by atoms with Gasteiger partial charge in [0.15, 0.2) is 0 Å². The Morgan fingerprint density at radius 3 is 2.19 bits per heavy atom. The molecule has 76 valence electrons. The molecule has 16 heavy (non-hydrogen) atoms. The van der Waals surface area contributed by atoms with Crippen LogP contribution in [0.5, 0.6) is 0 Å². The average Bonchev–Trinajstić information content (AvgIpc) is 2.39. The van der Waals surface area contributed by atoms with E-state index in [1.807, 2.05) is 24.5 Å². The summed E-state index contributed by atoms with van der Waals surface area (Å²) < 4.78 is 0. The molecule has 0 unspecified atom stereocenters. The van der Waals surface area contributed by atoms with Crippen molar-refractivity contribution in [3.05, 3.63) is 67.0 Å². The van der Waals surface area contributed by atoms with Crippen molar-refractivity contribution in [2.75, 3.05) is 0 Å². The lowest BCUT2D eigenvalue weighted by atomic mass is 10.0. The van der Waals surface area contributed by atoms with Gasteiger partial charge in [0.2, 0.25) is 0 Å². The van der Waals surface area contributed by atoms with Crippen molar-refractivity contribution in [1.29, 1.82) is 0 Å². The zero-order valence-electron chi connectivity index (χ0n) is 8.80. The quantitative estimate of drug-likeness (QED) is 0.587. The molecule has 0 N–H and O–H groups in total. The molecule has 3 aromatic rings. The summed E-state index contributed by atoms with van der Waals surface area (Å²) in [6.45, 7) is 0. The molecule has 0 aliphatic rings. The zero-order valence-corrected chi connectivity index (χ0v) is 8.80. The van der Waals surface area contributed by atoms with E-state index in [1.54, 1.807) is 0 Å². The molecule has 0 atom stereocenters. The van der Waals surface area contributed by atoms with Crippen LogP contribution < -0.4 is 0 Å². The van der Waals surface area contributed by atoms with Gasteiger partial charge < -0.3 is 0 Å². The number of fused-ring (bicyclic) bond motifs is 1. The summed E-state index contributed by atoms with van der Waals surface area (Å²) in [5.41, 5.74) is 2.45. The van der Waals surface area contributed by atoms with Crippen LogP contribution >= 0.6 is 0 Å². The molecule has 1 aromatic heterocycles. The number of hydrogen-bond donors (Lipinski definition) is 0. The normalized spacial score (nSPS) is 10.5. The largest absolute Gasteiger partial charge is 0.265 e. The number of aromatic nitrogens is 1. The predicted molar refractivity (Wildman–Crippen MR) is 67.2 cm³/mol. The van der Waals surface area contributed by atoms with Gasteiger partial charge >= 0.3 is 0 Å². The number of pyridine rings is 1. The maximum atomic E-state index is 4.03. The number of hydrogen-bond acceptors (Lipinski definition) is 1. The van der Waals surface area contributed by atoms with Gasteiger partial charge in [0.25, 0.3) is 0 Å². The van der Waals surface area contributed by atoms with Crippen LogP contribution in [0.1, 0.15) is 0 Å². The third kappa shape index (κ3) is 1.57. The Kier molecular flexibility index (Phi) is 2.15. The molecule has 0 spiro atoms. The monoisotopic (exact) mass is 205 g/mol. The Morgan fingerprint density at radius 1 is 0.625 bits per heavy atom. The summed E-state index contributed by atoms with van der Waals surface area (Å²) in [5, 5.41) is 2.55. The lowest BCUT2D eigenvalue weighted by Crippen LogP contribution is -1.79. The first-order valence-corrected chi connectivity index (χ1v) is 5.33. The lowest BCUT2D eigenvalue weighted by molar-refractivity contribution is 1.33. The predicted octanol–water partition coefficient (Wildman–Crippen LogP) is 3.90. The van der Waals surface area contributed by atoms with Gasteiger partial charge in [0.1, 0.15) is 0 Å². The number of rotatable bonds is 1. The zero-order chi connectivity index (χ0) is 10.8. The van der Waals surface area contributed by atoms with Crippen LogP contribution in [0.15, 0.2) is 67.0 Å². The van der Waals surface area contributed by atoms with Crippen LogP contribution in [0, 0.1) is 0 Å². The second kappa shape index (κ2) is 3.78.